The summed E-state index contributed by atoms with van der Waals surface area (Å²) in [4.78, 5) is 12.1. The summed E-state index contributed by atoms with van der Waals surface area (Å²) in [6.45, 7) is 5.66. The first kappa shape index (κ1) is 20.6. The summed E-state index contributed by atoms with van der Waals surface area (Å²) in [7, 11) is -3.35. The van der Waals surface area contributed by atoms with Crippen molar-refractivity contribution in [3.63, 3.8) is 0 Å². The second kappa shape index (κ2) is 7.87. The Balaban J connectivity index is 1.97. The lowest BCUT2D eigenvalue weighted by Gasteiger charge is -2.22. The minimum atomic E-state index is -3.35. The highest BCUT2D eigenvalue weighted by molar-refractivity contribution is 7.92. The lowest BCUT2D eigenvalue weighted by Crippen LogP contribution is -2.21. The predicted molar refractivity (Wildman–Crippen MR) is 106 cm³/mol. The molecule has 0 bridgehead atoms. The number of amides is 1. The molecule has 0 saturated heterocycles. The van der Waals surface area contributed by atoms with Crippen LogP contribution in [-0.2, 0) is 20.2 Å². The molecular weight excluding hydrogens is 368 g/mol. The van der Waals surface area contributed by atoms with Gasteiger partial charge in [-0.1, -0.05) is 32.9 Å². The Kier molecular flexibility index (Phi) is 6.00. The quantitative estimate of drug-likeness (QED) is 0.655. The maximum Gasteiger partial charge on any atom is 0.262 e. The lowest BCUT2D eigenvalue weighted by molar-refractivity contribution is -0.118. The fourth-order valence-corrected chi connectivity index (χ4v) is 2.98. The molecule has 146 valence electrons. The van der Waals surface area contributed by atoms with Gasteiger partial charge in [0.2, 0.25) is 10.0 Å². The SMILES string of the molecule is CC(C)(C)c1cccc(NC(=O)COc2ccc(NS(C)(=O)=O)cc2)c1O. The summed E-state index contributed by atoms with van der Waals surface area (Å²) in [5, 5.41) is 13.0. The minimum absolute atomic E-state index is 0.0366. The summed E-state index contributed by atoms with van der Waals surface area (Å²) in [5.41, 5.74) is 1.19. The molecule has 0 aliphatic carbocycles. The van der Waals surface area contributed by atoms with Gasteiger partial charge in [0.1, 0.15) is 11.5 Å². The van der Waals surface area contributed by atoms with Gasteiger partial charge in [0, 0.05) is 11.3 Å². The maximum absolute atomic E-state index is 12.1. The smallest absolute Gasteiger partial charge is 0.262 e. The van der Waals surface area contributed by atoms with Gasteiger partial charge in [0.05, 0.1) is 11.9 Å². The molecule has 0 aliphatic rings. The van der Waals surface area contributed by atoms with E-state index in [0.717, 1.165) is 11.8 Å². The summed E-state index contributed by atoms with van der Waals surface area (Å²) >= 11 is 0. The fraction of sp³-hybridized carbons (Fsp3) is 0.316. The van der Waals surface area contributed by atoms with Gasteiger partial charge in [-0.2, -0.15) is 0 Å². The number of benzene rings is 2. The first-order chi connectivity index (χ1) is 12.5. The average molecular weight is 392 g/mol. The third-order valence-electron chi connectivity index (χ3n) is 3.65. The van der Waals surface area contributed by atoms with E-state index >= 15 is 0 Å². The number of hydrogen-bond donors (Lipinski definition) is 3. The Bertz CT molecular complexity index is 916. The van der Waals surface area contributed by atoms with Crippen molar-refractivity contribution in [2.75, 3.05) is 22.9 Å². The standard InChI is InChI=1S/C19H24N2O5S/c1-19(2,3)15-6-5-7-16(18(15)23)20-17(22)12-26-14-10-8-13(9-11-14)21-27(4,24)25/h5-11,21,23H,12H2,1-4H3,(H,20,22). The zero-order valence-electron chi connectivity index (χ0n) is 15.7. The lowest BCUT2D eigenvalue weighted by atomic mass is 9.86. The maximum atomic E-state index is 12.1. The highest BCUT2D eigenvalue weighted by atomic mass is 32.2. The van der Waals surface area contributed by atoms with Crippen LogP contribution < -0.4 is 14.8 Å². The number of sulfonamides is 1. The van der Waals surface area contributed by atoms with E-state index in [1.54, 1.807) is 24.3 Å². The third-order valence-corrected chi connectivity index (χ3v) is 4.25. The minimum Gasteiger partial charge on any atom is -0.505 e. The van der Waals surface area contributed by atoms with E-state index in [9.17, 15) is 18.3 Å². The molecule has 0 aliphatic heterocycles. The molecule has 2 aromatic carbocycles. The second-order valence-corrected chi connectivity index (χ2v) is 8.94. The van der Waals surface area contributed by atoms with E-state index in [2.05, 4.69) is 10.0 Å². The number of ether oxygens (including phenoxy) is 1. The number of phenolic OH excluding ortho intramolecular Hbond substituents is 1. The van der Waals surface area contributed by atoms with E-state index in [1.807, 2.05) is 26.8 Å². The summed E-state index contributed by atoms with van der Waals surface area (Å²) in [6, 6.07) is 11.4. The topological polar surface area (TPSA) is 105 Å². The van der Waals surface area contributed by atoms with Gasteiger partial charge in [-0.15, -0.1) is 0 Å². The highest BCUT2D eigenvalue weighted by Crippen LogP contribution is 2.35. The van der Waals surface area contributed by atoms with Crippen molar-refractivity contribution in [2.24, 2.45) is 0 Å². The Morgan fingerprint density at radius 3 is 2.30 bits per heavy atom. The largest absolute Gasteiger partial charge is 0.505 e. The molecule has 27 heavy (non-hydrogen) atoms. The van der Waals surface area contributed by atoms with Crippen LogP contribution in [0.15, 0.2) is 42.5 Å². The molecule has 3 N–H and O–H groups in total. The van der Waals surface area contributed by atoms with Gasteiger partial charge in [-0.3, -0.25) is 9.52 Å². The molecule has 0 atom stereocenters. The molecular formula is C19H24N2O5S. The number of nitrogens with one attached hydrogen (secondary N) is 2. The van der Waals surface area contributed by atoms with E-state index in [1.165, 1.54) is 12.1 Å². The fourth-order valence-electron chi connectivity index (χ4n) is 2.42. The van der Waals surface area contributed by atoms with Gasteiger partial charge < -0.3 is 15.2 Å². The molecule has 0 saturated carbocycles. The van der Waals surface area contributed by atoms with Crippen LogP contribution in [0.1, 0.15) is 26.3 Å². The van der Waals surface area contributed by atoms with Gasteiger partial charge >= 0.3 is 0 Å². The van der Waals surface area contributed by atoms with Crippen molar-refractivity contribution in [1.29, 1.82) is 0 Å². The molecule has 2 rings (SSSR count). The molecule has 0 unspecified atom stereocenters. The van der Waals surface area contributed by atoms with E-state index in [4.69, 9.17) is 4.74 Å². The van der Waals surface area contributed by atoms with Gasteiger partial charge in [0.25, 0.3) is 5.91 Å². The van der Waals surface area contributed by atoms with Crippen molar-refractivity contribution in [1.82, 2.24) is 0 Å². The second-order valence-electron chi connectivity index (χ2n) is 7.19. The first-order valence-electron chi connectivity index (χ1n) is 8.29. The Morgan fingerprint density at radius 1 is 1.11 bits per heavy atom. The van der Waals surface area contributed by atoms with Crippen molar-refractivity contribution in [3.8, 4) is 11.5 Å². The Labute approximate surface area is 159 Å². The number of carbonyl (C=O) groups excluding carboxylic acids is 1. The molecule has 0 radical (unpaired) electrons. The first-order valence-corrected chi connectivity index (χ1v) is 10.2. The molecule has 0 spiro atoms. The molecule has 0 fully saturated rings. The number of aromatic hydroxyl groups is 1. The average Bonchev–Trinajstić information content (AvgIpc) is 2.53. The van der Waals surface area contributed by atoms with Gasteiger partial charge in [-0.05, 0) is 35.7 Å². The molecule has 2 aromatic rings. The van der Waals surface area contributed by atoms with Crippen molar-refractivity contribution < 1.29 is 23.1 Å². The predicted octanol–water partition coefficient (Wildman–Crippen LogP) is 3.08. The van der Waals surface area contributed by atoms with E-state index in [-0.39, 0.29) is 17.8 Å². The molecule has 0 aromatic heterocycles. The van der Waals surface area contributed by atoms with Crippen LogP contribution in [0.5, 0.6) is 11.5 Å². The van der Waals surface area contributed by atoms with Crippen molar-refractivity contribution >= 4 is 27.3 Å². The van der Waals surface area contributed by atoms with Crippen LogP contribution in [-0.4, -0.2) is 32.3 Å². The molecule has 0 heterocycles. The number of carbonyl (C=O) groups is 1. The van der Waals surface area contributed by atoms with Crippen LogP contribution in [0.2, 0.25) is 0 Å². The number of phenols is 1. The van der Waals surface area contributed by atoms with E-state index < -0.39 is 15.9 Å². The van der Waals surface area contributed by atoms with Crippen LogP contribution in [0.25, 0.3) is 0 Å². The normalized spacial score (nSPS) is 11.7. The summed E-state index contributed by atoms with van der Waals surface area (Å²) < 4.78 is 30.1. The molecule has 7 nitrogen and oxygen atoms in total. The van der Waals surface area contributed by atoms with Crippen molar-refractivity contribution in [3.05, 3.63) is 48.0 Å². The third kappa shape index (κ3) is 6.18. The zero-order chi connectivity index (χ0) is 20.2. The van der Waals surface area contributed by atoms with Crippen LogP contribution in [0.3, 0.4) is 0 Å². The van der Waals surface area contributed by atoms with Gasteiger partial charge in [0.15, 0.2) is 6.61 Å². The van der Waals surface area contributed by atoms with Gasteiger partial charge in [-0.25, -0.2) is 8.42 Å². The molecule has 8 heteroatoms. The highest BCUT2D eigenvalue weighted by Gasteiger charge is 2.20. The summed E-state index contributed by atoms with van der Waals surface area (Å²) in [6.07, 6.45) is 1.06. The number of para-hydroxylation sites is 1. The van der Waals surface area contributed by atoms with Crippen LogP contribution in [0, 0.1) is 0 Å². The monoisotopic (exact) mass is 392 g/mol. The van der Waals surface area contributed by atoms with Crippen LogP contribution in [0.4, 0.5) is 11.4 Å². The van der Waals surface area contributed by atoms with Crippen molar-refractivity contribution in [2.45, 2.75) is 26.2 Å². The zero-order valence-corrected chi connectivity index (χ0v) is 16.6. The number of anilines is 2. The van der Waals surface area contributed by atoms with Crippen LogP contribution >= 0.6 is 0 Å². The summed E-state index contributed by atoms with van der Waals surface area (Å²) in [5.74, 6) is 0.0288. The number of hydrogen-bond acceptors (Lipinski definition) is 5. The Hall–Kier alpha value is -2.74. The molecule has 1 amide bonds. The Morgan fingerprint density at radius 2 is 1.74 bits per heavy atom. The number of rotatable bonds is 6. The van der Waals surface area contributed by atoms with E-state index in [0.29, 0.717) is 17.1 Å².